The highest BCUT2D eigenvalue weighted by Gasteiger charge is 2.15. The molecule has 0 amide bonds. The predicted octanol–water partition coefficient (Wildman–Crippen LogP) is 4.62. The van der Waals surface area contributed by atoms with Gasteiger partial charge in [-0.2, -0.15) is 5.26 Å². The van der Waals surface area contributed by atoms with E-state index in [1.807, 2.05) is 18.2 Å². The number of pyridine rings is 1. The molecule has 0 aliphatic rings. The van der Waals surface area contributed by atoms with E-state index in [9.17, 15) is 8.42 Å². The molecule has 0 atom stereocenters. The molecule has 0 saturated carbocycles. The highest BCUT2D eigenvalue weighted by atomic mass is 32.2. The number of nitrogens with zero attached hydrogens (tertiary/aromatic N) is 2. The SMILES string of the molecule is CC(C)c1ccc(S(=O)(=O)Nc2ccc(Nc3ccccc3C#N)cn2)cc1. The van der Waals surface area contributed by atoms with E-state index in [1.165, 1.54) is 6.20 Å². The minimum Gasteiger partial charge on any atom is -0.353 e. The van der Waals surface area contributed by atoms with Crippen LogP contribution in [-0.2, 0) is 10.0 Å². The van der Waals surface area contributed by atoms with Gasteiger partial charge in [-0.15, -0.1) is 0 Å². The molecular weight excluding hydrogens is 372 g/mol. The Hall–Kier alpha value is -3.37. The standard InChI is InChI=1S/C21H20N4O2S/c1-15(2)16-7-10-19(11-8-16)28(26,27)25-21-12-9-18(14-23-21)24-20-6-4-3-5-17(20)13-22/h3-12,14-15,24H,1-2H3,(H,23,25). The zero-order valence-corrected chi connectivity index (χ0v) is 16.4. The van der Waals surface area contributed by atoms with Crippen LogP contribution in [0.2, 0.25) is 0 Å². The molecule has 6 nitrogen and oxygen atoms in total. The van der Waals surface area contributed by atoms with Gasteiger partial charge in [-0.05, 0) is 47.9 Å². The van der Waals surface area contributed by atoms with Gasteiger partial charge in [0.15, 0.2) is 0 Å². The summed E-state index contributed by atoms with van der Waals surface area (Å²) >= 11 is 0. The van der Waals surface area contributed by atoms with Gasteiger partial charge in [-0.25, -0.2) is 13.4 Å². The van der Waals surface area contributed by atoms with Crippen LogP contribution in [0.5, 0.6) is 0 Å². The fraction of sp³-hybridized carbons (Fsp3) is 0.143. The maximum atomic E-state index is 12.5. The van der Waals surface area contributed by atoms with Crippen LogP contribution in [0, 0.1) is 11.3 Å². The molecule has 0 aliphatic heterocycles. The van der Waals surface area contributed by atoms with E-state index in [2.05, 4.69) is 34.9 Å². The Bertz CT molecular complexity index is 1100. The number of rotatable bonds is 6. The van der Waals surface area contributed by atoms with Crippen molar-refractivity contribution in [3.63, 3.8) is 0 Å². The van der Waals surface area contributed by atoms with Crippen LogP contribution in [0.1, 0.15) is 30.9 Å². The van der Waals surface area contributed by atoms with Gasteiger partial charge in [0.25, 0.3) is 10.0 Å². The monoisotopic (exact) mass is 392 g/mol. The Morgan fingerprint density at radius 2 is 1.71 bits per heavy atom. The van der Waals surface area contributed by atoms with Gasteiger partial charge in [0, 0.05) is 0 Å². The Morgan fingerprint density at radius 1 is 1.00 bits per heavy atom. The van der Waals surface area contributed by atoms with Gasteiger partial charge in [-0.1, -0.05) is 38.1 Å². The van der Waals surface area contributed by atoms with Gasteiger partial charge in [0.1, 0.15) is 11.9 Å². The van der Waals surface area contributed by atoms with Gasteiger partial charge in [0.2, 0.25) is 0 Å². The summed E-state index contributed by atoms with van der Waals surface area (Å²) in [4.78, 5) is 4.34. The number of aromatic nitrogens is 1. The zero-order valence-electron chi connectivity index (χ0n) is 15.5. The first-order valence-corrected chi connectivity index (χ1v) is 10.2. The second-order valence-electron chi connectivity index (χ2n) is 6.54. The zero-order chi connectivity index (χ0) is 20.1. The number of sulfonamides is 1. The van der Waals surface area contributed by atoms with E-state index in [4.69, 9.17) is 5.26 Å². The molecule has 1 heterocycles. The second-order valence-corrected chi connectivity index (χ2v) is 8.23. The number of hydrogen-bond acceptors (Lipinski definition) is 5. The molecule has 0 bridgehead atoms. The van der Waals surface area contributed by atoms with E-state index in [0.717, 1.165) is 5.56 Å². The molecule has 0 saturated heterocycles. The Labute approximate surface area is 164 Å². The van der Waals surface area contributed by atoms with Crippen molar-refractivity contribution in [1.29, 1.82) is 5.26 Å². The lowest BCUT2D eigenvalue weighted by Crippen LogP contribution is -2.14. The largest absolute Gasteiger partial charge is 0.353 e. The Morgan fingerprint density at radius 3 is 2.32 bits per heavy atom. The Kier molecular flexibility index (Phi) is 5.62. The third kappa shape index (κ3) is 4.48. The van der Waals surface area contributed by atoms with Crippen LogP contribution in [0.25, 0.3) is 0 Å². The Balaban J connectivity index is 1.74. The van der Waals surface area contributed by atoms with Crippen LogP contribution in [0.4, 0.5) is 17.2 Å². The summed E-state index contributed by atoms with van der Waals surface area (Å²) in [5.41, 5.74) is 2.89. The maximum Gasteiger partial charge on any atom is 0.263 e. The van der Waals surface area contributed by atoms with Crippen molar-refractivity contribution < 1.29 is 8.42 Å². The lowest BCUT2D eigenvalue weighted by atomic mass is 10.0. The lowest BCUT2D eigenvalue weighted by molar-refractivity contribution is 0.601. The van der Waals surface area contributed by atoms with E-state index in [0.29, 0.717) is 22.9 Å². The normalized spacial score (nSPS) is 11.1. The molecule has 142 valence electrons. The summed E-state index contributed by atoms with van der Waals surface area (Å²) in [6, 6.07) is 19.3. The van der Waals surface area contributed by atoms with Crippen molar-refractivity contribution in [2.24, 2.45) is 0 Å². The third-order valence-electron chi connectivity index (χ3n) is 4.19. The van der Waals surface area contributed by atoms with Crippen molar-refractivity contribution in [2.45, 2.75) is 24.7 Å². The number of nitriles is 1. The van der Waals surface area contributed by atoms with Crippen LogP contribution in [0.15, 0.2) is 71.8 Å². The van der Waals surface area contributed by atoms with Crippen molar-refractivity contribution >= 4 is 27.2 Å². The van der Waals surface area contributed by atoms with Crippen LogP contribution in [0.3, 0.4) is 0 Å². The van der Waals surface area contributed by atoms with Crippen molar-refractivity contribution in [1.82, 2.24) is 4.98 Å². The summed E-state index contributed by atoms with van der Waals surface area (Å²) in [5, 5.41) is 12.2. The van der Waals surface area contributed by atoms with E-state index < -0.39 is 10.0 Å². The number of para-hydroxylation sites is 1. The van der Waals surface area contributed by atoms with E-state index in [-0.39, 0.29) is 10.7 Å². The minimum absolute atomic E-state index is 0.184. The topological polar surface area (TPSA) is 94.9 Å². The van der Waals surface area contributed by atoms with E-state index >= 15 is 0 Å². The molecule has 28 heavy (non-hydrogen) atoms. The molecule has 1 aromatic heterocycles. The summed E-state index contributed by atoms with van der Waals surface area (Å²) < 4.78 is 27.6. The summed E-state index contributed by atoms with van der Waals surface area (Å²) in [6.45, 7) is 4.10. The van der Waals surface area contributed by atoms with Gasteiger partial charge >= 0.3 is 0 Å². The van der Waals surface area contributed by atoms with Crippen molar-refractivity contribution in [2.75, 3.05) is 10.0 Å². The van der Waals surface area contributed by atoms with E-state index in [1.54, 1.807) is 42.5 Å². The fourth-order valence-electron chi connectivity index (χ4n) is 2.60. The molecule has 3 aromatic rings. The van der Waals surface area contributed by atoms with Gasteiger partial charge in [0.05, 0.1) is 28.0 Å². The minimum atomic E-state index is -3.71. The summed E-state index contributed by atoms with van der Waals surface area (Å²) in [6.07, 6.45) is 1.51. The third-order valence-corrected chi connectivity index (χ3v) is 5.56. The first-order valence-electron chi connectivity index (χ1n) is 8.74. The predicted molar refractivity (Wildman–Crippen MR) is 110 cm³/mol. The molecule has 0 fully saturated rings. The smallest absolute Gasteiger partial charge is 0.263 e. The summed E-state index contributed by atoms with van der Waals surface area (Å²) in [7, 11) is -3.71. The van der Waals surface area contributed by atoms with Crippen LogP contribution < -0.4 is 10.0 Å². The molecule has 2 aromatic carbocycles. The quantitative estimate of drug-likeness (QED) is 0.638. The molecule has 0 radical (unpaired) electrons. The molecule has 7 heteroatoms. The van der Waals surface area contributed by atoms with Crippen LogP contribution >= 0.6 is 0 Å². The fourth-order valence-corrected chi connectivity index (χ4v) is 3.61. The average molecular weight is 392 g/mol. The number of anilines is 3. The molecule has 0 aliphatic carbocycles. The molecule has 3 rings (SSSR count). The lowest BCUT2D eigenvalue weighted by Gasteiger charge is -2.11. The molecule has 0 spiro atoms. The molecule has 2 N–H and O–H groups in total. The first kappa shape index (κ1) is 19.4. The average Bonchev–Trinajstić information content (AvgIpc) is 2.70. The van der Waals surface area contributed by atoms with Gasteiger partial charge in [-0.3, -0.25) is 4.72 Å². The second kappa shape index (κ2) is 8.11. The maximum absolute atomic E-state index is 12.5. The van der Waals surface area contributed by atoms with Crippen LogP contribution in [-0.4, -0.2) is 13.4 Å². The van der Waals surface area contributed by atoms with Crippen molar-refractivity contribution in [3.8, 4) is 6.07 Å². The van der Waals surface area contributed by atoms with Crippen molar-refractivity contribution in [3.05, 3.63) is 78.0 Å². The highest BCUT2D eigenvalue weighted by molar-refractivity contribution is 7.92. The number of hydrogen-bond donors (Lipinski definition) is 2. The number of nitrogens with one attached hydrogen (secondary N) is 2. The van der Waals surface area contributed by atoms with Gasteiger partial charge < -0.3 is 5.32 Å². The number of benzene rings is 2. The highest BCUT2D eigenvalue weighted by Crippen LogP contribution is 2.22. The first-order chi connectivity index (χ1) is 13.4. The molecule has 0 unspecified atom stereocenters. The summed E-state index contributed by atoms with van der Waals surface area (Å²) in [5.74, 6) is 0.546. The molecular formula is C21H20N4O2S.